The minimum atomic E-state index is -0.853. The Kier molecular flexibility index (Phi) is 2.08. The lowest BCUT2D eigenvalue weighted by atomic mass is 9.95. The van der Waals surface area contributed by atoms with Crippen LogP contribution >= 0.6 is 0 Å². The second-order valence-corrected chi connectivity index (χ2v) is 5.03. The van der Waals surface area contributed by atoms with Crippen LogP contribution in [0.25, 0.3) is 0 Å². The fraction of sp³-hybridized carbons (Fsp3) is 0.462. The molecule has 1 saturated heterocycles. The van der Waals surface area contributed by atoms with Gasteiger partial charge in [0.05, 0.1) is 6.54 Å². The van der Waals surface area contributed by atoms with Crippen molar-refractivity contribution in [2.24, 2.45) is 0 Å². The third kappa shape index (κ3) is 1.55. The van der Waals surface area contributed by atoms with E-state index in [-0.39, 0.29) is 11.6 Å². The normalized spacial score (nSPS) is 30.4. The molecular formula is C13H15NO3. The molecule has 0 aliphatic carbocycles. The molecule has 0 aromatic heterocycles. The zero-order valence-electron chi connectivity index (χ0n) is 9.72. The number of amides is 1. The van der Waals surface area contributed by atoms with Crippen LogP contribution in [0.2, 0.25) is 0 Å². The Bertz CT molecular complexity index is 446. The van der Waals surface area contributed by atoms with E-state index in [0.29, 0.717) is 6.54 Å². The second-order valence-electron chi connectivity index (χ2n) is 5.03. The Morgan fingerprint density at radius 2 is 2.29 bits per heavy atom. The number of fused-ring (bicyclic) bond motifs is 1. The lowest BCUT2D eigenvalue weighted by molar-refractivity contribution is 0.0963. The zero-order chi connectivity index (χ0) is 12.0. The fourth-order valence-corrected chi connectivity index (χ4v) is 3.00. The van der Waals surface area contributed by atoms with Crippen LogP contribution in [0, 0.1) is 0 Å². The van der Waals surface area contributed by atoms with Crippen molar-refractivity contribution >= 4 is 6.09 Å². The van der Waals surface area contributed by atoms with Gasteiger partial charge in [-0.05, 0) is 18.6 Å². The van der Waals surface area contributed by atoms with E-state index in [1.807, 2.05) is 25.1 Å². The van der Waals surface area contributed by atoms with Gasteiger partial charge in [-0.15, -0.1) is 0 Å². The van der Waals surface area contributed by atoms with Crippen molar-refractivity contribution in [2.75, 3.05) is 6.54 Å². The van der Waals surface area contributed by atoms with Gasteiger partial charge in [-0.3, -0.25) is 0 Å². The van der Waals surface area contributed by atoms with Crippen LogP contribution in [0.1, 0.15) is 18.9 Å². The molecule has 17 heavy (non-hydrogen) atoms. The molecule has 1 aromatic rings. The van der Waals surface area contributed by atoms with E-state index in [1.165, 1.54) is 10.5 Å². The number of carbonyl (C=O) groups is 1. The molecule has 1 fully saturated rings. The molecule has 2 aliphatic heterocycles. The third-order valence-corrected chi connectivity index (χ3v) is 3.72. The summed E-state index contributed by atoms with van der Waals surface area (Å²) in [5.41, 5.74) is 0.855. The smallest absolute Gasteiger partial charge is 0.407 e. The predicted molar refractivity (Wildman–Crippen MR) is 62.3 cm³/mol. The summed E-state index contributed by atoms with van der Waals surface area (Å²) < 4.78 is 6.00. The average Bonchev–Trinajstić information content (AvgIpc) is 2.78. The highest BCUT2D eigenvalue weighted by molar-refractivity contribution is 5.66. The molecule has 2 atom stereocenters. The number of likely N-dealkylation sites (tertiary alicyclic amines) is 1. The van der Waals surface area contributed by atoms with Gasteiger partial charge in [-0.1, -0.05) is 18.2 Å². The molecule has 0 unspecified atom stereocenters. The van der Waals surface area contributed by atoms with E-state index in [1.54, 1.807) is 0 Å². The third-order valence-electron chi connectivity index (χ3n) is 3.72. The van der Waals surface area contributed by atoms with Crippen LogP contribution < -0.4 is 4.74 Å². The van der Waals surface area contributed by atoms with Crippen LogP contribution in [0.5, 0.6) is 5.75 Å². The summed E-state index contributed by atoms with van der Waals surface area (Å²) >= 11 is 0. The highest BCUT2D eigenvalue weighted by Crippen LogP contribution is 2.42. The second kappa shape index (κ2) is 3.39. The van der Waals surface area contributed by atoms with Crippen LogP contribution in [0.4, 0.5) is 4.79 Å². The number of benzene rings is 1. The number of hydrogen-bond acceptors (Lipinski definition) is 2. The van der Waals surface area contributed by atoms with Crippen LogP contribution in [-0.4, -0.2) is 34.3 Å². The first-order valence-electron chi connectivity index (χ1n) is 5.86. The molecule has 1 aromatic carbocycles. The maximum atomic E-state index is 11.1. The van der Waals surface area contributed by atoms with Crippen LogP contribution in [-0.2, 0) is 6.42 Å². The molecule has 1 amide bonds. The Morgan fingerprint density at radius 3 is 2.94 bits per heavy atom. The molecule has 0 bridgehead atoms. The van der Waals surface area contributed by atoms with E-state index >= 15 is 0 Å². The van der Waals surface area contributed by atoms with Gasteiger partial charge in [0.1, 0.15) is 11.4 Å². The molecule has 2 aliphatic rings. The summed E-state index contributed by atoms with van der Waals surface area (Å²) in [5.74, 6) is 0.909. The van der Waals surface area contributed by atoms with Crippen molar-refractivity contribution in [2.45, 2.75) is 31.4 Å². The Balaban J connectivity index is 1.86. The fourth-order valence-electron chi connectivity index (χ4n) is 3.00. The molecule has 0 radical (unpaired) electrons. The number of nitrogens with zero attached hydrogens (tertiary/aromatic N) is 1. The summed E-state index contributed by atoms with van der Waals surface area (Å²) in [4.78, 5) is 12.6. The van der Waals surface area contributed by atoms with Crippen molar-refractivity contribution in [1.82, 2.24) is 4.90 Å². The van der Waals surface area contributed by atoms with Gasteiger partial charge in [0.25, 0.3) is 0 Å². The van der Waals surface area contributed by atoms with Crippen molar-refractivity contribution in [3.05, 3.63) is 29.8 Å². The standard InChI is InChI=1S/C13H15NO3/c1-9-6-13(8-14(9)12(15)16)7-10-4-2-3-5-11(10)17-13/h2-5,9H,6-8H2,1H3,(H,15,16)/t9-,13-/m0/s1. The van der Waals surface area contributed by atoms with Crippen LogP contribution in [0.3, 0.4) is 0 Å². The van der Waals surface area contributed by atoms with Gasteiger partial charge in [0.2, 0.25) is 0 Å². The largest absolute Gasteiger partial charge is 0.485 e. The van der Waals surface area contributed by atoms with Crippen LogP contribution in [0.15, 0.2) is 24.3 Å². The summed E-state index contributed by atoms with van der Waals surface area (Å²) in [6.45, 7) is 2.41. The summed E-state index contributed by atoms with van der Waals surface area (Å²) in [7, 11) is 0. The lowest BCUT2D eigenvalue weighted by Gasteiger charge is -2.22. The number of ether oxygens (including phenoxy) is 1. The minimum Gasteiger partial charge on any atom is -0.485 e. The topological polar surface area (TPSA) is 49.8 Å². The summed E-state index contributed by atoms with van der Waals surface area (Å²) in [6, 6.07) is 7.98. The SMILES string of the molecule is C[C@H]1C[C@]2(Cc3ccccc3O2)CN1C(=O)O. The van der Waals surface area contributed by atoms with Gasteiger partial charge >= 0.3 is 6.09 Å². The quantitative estimate of drug-likeness (QED) is 0.746. The lowest BCUT2D eigenvalue weighted by Crippen LogP contribution is -2.39. The van der Waals surface area contributed by atoms with E-state index in [0.717, 1.165) is 18.6 Å². The molecular weight excluding hydrogens is 218 g/mol. The van der Waals surface area contributed by atoms with E-state index < -0.39 is 6.09 Å². The summed E-state index contributed by atoms with van der Waals surface area (Å²) in [6.07, 6.45) is 0.736. The van der Waals surface area contributed by atoms with Gasteiger partial charge in [-0.25, -0.2) is 4.79 Å². The van der Waals surface area contributed by atoms with E-state index in [2.05, 4.69) is 6.07 Å². The molecule has 90 valence electrons. The van der Waals surface area contributed by atoms with E-state index in [9.17, 15) is 4.79 Å². The highest BCUT2D eigenvalue weighted by atomic mass is 16.5. The molecule has 0 saturated carbocycles. The van der Waals surface area contributed by atoms with E-state index in [4.69, 9.17) is 9.84 Å². The van der Waals surface area contributed by atoms with Crippen molar-refractivity contribution in [3.8, 4) is 5.75 Å². The predicted octanol–water partition coefficient (Wildman–Crippen LogP) is 2.13. The first-order valence-corrected chi connectivity index (χ1v) is 5.86. The van der Waals surface area contributed by atoms with Crippen molar-refractivity contribution in [1.29, 1.82) is 0 Å². The van der Waals surface area contributed by atoms with Crippen molar-refractivity contribution < 1.29 is 14.6 Å². The summed E-state index contributed by atoms with van der Waals surface area (Å²) in [5, 5.41) is 9.11. The number of para-hydroxylation sites is 1. The number of carboxylic acid groups (broad SMARTS) is 1. The van der Waals surface area contributed by atoms with Crippen molar-refractivity contribution in [3.63, 3.8) is 0 Å². The highest BCUT2D eigenvalue weighted by Gasteiger charge is 2.49. The first-order chi connectivity index (χ1) is 8.10. The Hall–Kier alpha value is -1.71. The van der Waals surface area contributed by atoms with Gasteiger partial charge in [0, 0.05) is 18.9 Å². The zero-order valence-corrected chi connectivity index (χ0v) is 9.72. The molecule has 3 rings (SSSR count). The maximum Gasteiger partial charge on any atom is 0.407 e. The molecule has 2 heterocycles. The molecule has 4 nitrogen and oxygen atoms in total. The first kappa shape index (κ1) is 10.4. The number of hydrogen-bond donors (Lipinski definition) is 1. The molecule has 1 N–H and O–H groups in total. The monoisotopic (exact) mass is 233 g/mol. The minimum absolute atomic E-state index is 0.0295. The molecule has 4 heteroatoms. The molecule has 1 spiro atoms. The average molecular weight is 233 g/mol. The Labute approximate surface area is 99.8 Å². The maximum absolute atomic E-state index is 11.1. The Morgan fingerprint density at radius 1 is 1.53 bits per heavy atom. The van der Waals surface area contributed by atoms with Gasteiger partial charge in [0.15, 0.2) is 0 Å². The number of rotatable bonds is 0. The van der Waals surface area contributed by atoms with Gasteiger partial charge < -0.3 is 14.7 Å². The van der Waals surface area contributed by atoms with Gasteiger partial charge in [-0.2, -0.15) is 0 Å².